The molecule has 1 N–H and O–H groups in total. The fraction of sp³-hybridized carbons (Fsp3) is 0.440. The Hall–Kier alpha value is -2.03. The van der Waals surface area contributed by atoms with Gasteiger partial charge in [-0.25, -0.2) is 13.8 Å². The van der Waals surface area contributed by atoms with E-state index in [-0.39, 0.29) is 22.9 Å². The third-order valence-corrected chi connectivity index (χ3v) is 8.32. The summed E-state index contributed by atoms with van der Waals surface area (Å²) in [6, 6.07) is 14.3. The number of hydrazone groups is 1. The smallest absolute Gasteiger partial charge is 0.255 e. The van der Waals surface area contributed by atoms with Crippen molar-refractivity contribution in [2.45, 2.75) is 69.2 Å². The minimum atomic E-state index is -3.81. The molecule has 0 unspecified atom stereocenters. The summed E-state index contributed by atoms with van der Waals surface area (Å²) in [6.07, 6.45) is 6.09. The Morgan fingerprint density at radius 1 is 1.06 bits per heavy atom. The second-order valence-corrected chi connectivity index (χ2v) is 12.3. The van der Waals surface area contributed by atoms with Crippen LogP contribution in [0.5, 0.6) is 0 Å². The molecule has 0 aliphatic heterocycles. The Balaban J connectivity index is 1.71. The first-order chi connectivity index (χ1) is 15.6. The Morgan fingerprint density at radius 3 is 2.24 bits per heavy atom. The van der Waals surface area contributed by atoms with Gasteiger partial charge in [0.2, 0.25) is 10.0 Å². The predicted molar refractivity (Wildman–Crippen MR) is 136 cm³/mol. The van der Waals surface area contributed by atoms with Crippen LogP contribution in [0.15, 0.2) is 63.0 Å². The van der Waals surface area contributed by atoms with Crippen molar-refractivity contribution in [3.63, 3.8) is 0 Å². The molecule has 2 aromatic rings. The molecule has 0 saturated heterocycles. The van der Waals surface area contributed by atoms with Gasteiger partial charge >= 0.3 is 0 Å². The topological polar surface area (TPSA) is 78.8 Å². The largest absolute Gasteiger partial charge is 0.272 e. The molecular weight excluding hydrogens is 502 g/mol. The number of benzene rings is 2. The van der Waals surface area contributed by atoms with Crippen molar-refractivity contribution < 1.29 is 13.2 Å². The zero-order valence-electron chi connectivity index (χ0n) is 19.4. The maximum Gasteiger partial charge on any atom is 0.255 e. The van der Waals surface area contributed by atoms with E-state index in [1.54, 1.807) is 30.5 Å². The highest BCUT2D eigenvalue weighted by Crippen LogP contribution is 2.28. The summed E-state index contributed by atoms with van der Waals surface area (Å²) in [4.78, 5) is 12.9. The van der Waals surface area contributed by atoms with E-state index in [1.807, 2.05) is 24.3 Å². The van der Waals surface area contributed by atoms with Crippen molar-refractivity contribution in [3.05, 3.63) is 64.1 Å². The summed E-state index contributed by atoms with van der Waals surface area (Å²) in [5.74, 6) is -0.455. The molecule has 0 spiro atoms. The first-order valence-electron chi connectivity index (χ1n) is 11.3. The highest BCUT2D eigenvalue weighted by molar-refractivity contribution is 9.10. The molecule has 0 aromatic heterocycles. The molecule has 0 bridgehead atoms. The standard InChI is InChI=1S/C25H32BrN3O3S/c1-25(2,3)20-11-9-19(10-12-20)17-27-28-24(30)18-29(22-7-5-4-6-8-22)33(31,32)23-15-13-21(26)14-16-23/h9-17,22H,4-8,18H2,1-3H3,(H,28,30)/b27-17-. The van der Waals surface area contributed by atoms with Crippen LogP contribution in [0.4, 0.5) is 0 Å². The number of carbonyl (C=O) groups excluding carboxylic acids is 1. The summed E-state index contributed by atoms with van der Waals surface area (Å²) in [5, 5.41) is 4.05. The van der Waals surface area contributed by atoms with E-state index in [0.29, 0.717) is 0 Å². The monoisotopic (exact) mass is 533 g/mol. The lowest BCUT2D eigenvalue weighted by molar-refractivity contribution is -0.121. The second kappa shape index (κ2) is 10.9. The quantitative estimate of drug-likeness (QED) is 0.391. The minimum absolute atomic E-state index is 0.0623. The average Bonchev–Trinajstić information content (AvgIpc) is 2.78. The van der Waals surface area contributed by atoms with Gasteiger partial charge in [0.25, 0.3) is 5.91 Å². The van der Waals surface area contributed by atoms with Crippen LogP contribution in [-0.2, 0) is 20.2 Å². The maximum absolute atomic E-state index is 13.4. The molecule has 1 saturated carbocycles. The summed E-state index contributed by atoms with van der Waals surface area (Å²) in [7, 11) is -3.81. The van der Waals surface area contributed by atoms with E-state index in [2.05, 4.69) is 47.2 Å². The lowest BCUT2D eigenvalue weighted by Gasteiger charge is -2.32. The van der Waals surface area contributed by atoms with E-state index < -0.39 is 15.9 Å². The number of nitrogens with zero attached hydrogens (tertiary/aromatic N) is 2. The molecule has 2 aromatic carbocycles. The number of rotatable bonds is 7. The molecule has 0 heterocycles. The van der Waals surface area contributed by atoms with Crippen LogP contribution in [0.1, 0.15) is 64.0 Å². The van der Waals surface area contributed by atoms with Gasteiger partial charge in [-0.2, -0.15) is 9.41 Å². The molecule has 8 heteroatoms. The molecular formula is C25H32BrN3O3S. The number of hydrogen-bond donors (Lipinski definition) is 1. The van der Waals surface area contributed by atoms with E-state index in [0.717, 1.165) is 42.1 Å². The zero-order chi connectivity index (χ0) is 24.1. The van der Waals surface area contributed by atoms with Gasteiger partial charge in [-0.15, -0.1) is 0 Å². The first kappa shape index (κ1) is 25.6. The first-order valence-corrected chi connectivity index (χ1v) is 13.5. The van der Waals surface area contributed by atoms with Crippen molar-refractivity contribution in [2.24, 2.45) is 5.10 Å². The number of sulfonamides is 1. The molecule has 33 heavy (non-hydrogen) atoms. The minimum Gasteiger partial charge on any atom is -0.272 e. The van der Waals surface area contributed by atoms with Crippen LogP contribution >= 0.6 is 15.9 Å². The SMILES string of the molecule is CC(C)(C)c1ccc(/C=N\NC(=O)CN(C2CCCCC2)S(=O)(=O)c2ccc(Br)cc2)cc1. The average molecular weight is 535 g/mol. The third-order valence-electron chi connectivity index (χ3n) is 5.88. The Kier molecular flexibility index (Phi) is 8.48. The van der Waals surface area contributed by atoms with Crippen molar-refractivity contribution in [1.82, 2.24) is 9.73 Å². The van der Waals surface area contributed by atoms with Gasteiger partial charge in [0.15, 0.2) is 0 Å². The highest BCUT2D eigenvalue weighted by Gasteiger charge is 2.33. The molecule has 0 atom stereocenters. The van der Waals surface area contributed by atoms with Gasteiger partial charge in [0.05, 0.1) is 17.7 Å². The van der Waals surface area contributed by atoms with Crippen molar-refractivity contribution in [3.8, 4) is 0 Å². The fourth-order valence-corrected chi connectivity index (χ4v) is 5.85. The molecule has 1 amide bonds. The molecule has 178 valence electrons. The lowest BCUT2D eigenvalue weighted by Crippen LogP contribution is -2.46. The highest BCUT2D eigenvalue weighted by atomic mass is 79.9. The second-order valence-electron chi connectivity index (χ2n) is 9.46. The van der Waals surface area contributed by atoms with Crippen LogP contribution in [0, 0.1) is 0 Å². The van der Waals surface area contributed by atoms with Crippen LogP contribution in [0.2, 0.25) is 0 Å². The zero-order valence-corrected chi connectivity index (χ0v) is 21.8. The number of amides is 1. The van der Waals surface area contributed by atoms with Crippen molar-refractivity contribution >= 4 is 38.1 Å². The number of halogens is 1. The lowest BCUT2D eigenvalue weighted by atomic mass is 9.87. The van der Waals surface area contributed by atoms with Crippen LogP contribution in [0.3, 0.4) is 0 Å². The maximum atomic E-state index is 13.4. The molecule has 1 fully saturated rings. The van der Waals surface area contributed by atoms with Crippen LogP contribution < -0.4 is 5.43 Å². The number of carbonyl (C=O) groups is 1. The van der Waals surface area contributed by atoms with Crippen molar-refractivity contribution in [1.29, 1.82) is 0 Å². The molecule has 0 radical (unpaired) electrons. The van der Waals surface area contributed by atoms with E-state index in [9.17, 15) is 13.2 Å². The number of hydrogen-bond acceptors (Lipinski definition) is 4. The normalized spacial score (nSPS) is 15.8. The van der Waals surface area contributed by atoms with E-state index >= 15 is 0 Å². The summed E-state index contributed by atoms with van der Waals surface area (Å²) < 4.78 is 28.9. The molecule has 3 rings (SSSR count). The van der Waals surface area contributed by atoms with Gasteiger partial charge in [-0.1, -0.05) is 80.2 Å². The van der Waals surface area contributed by atoms with Gasteiger partial charge < -0.3 is 0 Å². The Labute approximate surface area is 205 Å². The summed E-state index contributed by atoms with van der Waals surface area (Å²) in [5.41, 5.74) is 4.63. The molecule has 6 nitrogen and oxygen atoms in total. The summed E-state index contributed by atoms with van der Waals surface area (Å²) in [6.45, 7) is 6.19. The number of nitrogens with one attached hydrogen (secondary N) is 1. The third kappa shape index (κ3) is 6.98. The Morgan fingerprint density at radius 2 is 1.67 bits per heavy atom. The fourth-order valence-electron chi connectivity index (χ4n) is 3.95. The molecule has 1 aliphatic carbocycles. The van der Waals surface area contributed by atoms with E-state index in [1.165, 1.54) is 9.87 Å². The van der Waals surface area contributed by atoms with Crippen LogP contribution in [-0.4, -0.2) is 37.4 Å². The van der Waals surface area contributed by atoms with Gasteiger partial charge in [-0.05, 0) is 53.6 Å². The van der Waals surface area contributed by atoms with E-state index in [4.69, 9.17) is 0 Å². The summed E-state index contributed by atoms with van der Waals surface area (Å²) >= 11 is 3.34. The van der Waals surface area contributed by atoms with Gasteiger partial charge in [-0.3, -0.25) is 4.79 Å². The van der Waals surface area contributed by atoms with Gasteiger partial charge in [0, 0.05) is 10.5 Å². The molecule has 1 aliphatic rings. The van der Waals surface area contributed by atoms with Gasteiger partial charge in [0.1, 0.15) is 0 Å². The van der Waals surface area contributed by atoms with Crippen molar-refractivity contribution in [2.75, 3.05) is 6.54 Å². The predicted octanol–water partition coefficient (Wildman–Crippen LogP) is 5.22. The van der Waals surface area contributed by atoms with Crippen LogP contribution in [0.25, 0.3) is 0 Å². The Bertz CT molecular complexity index is 1070.